The van der Waals surface area contributed by atoms with Crippen molar-refractivity contribution in [2.45, 2.75) is 63.6 Å². The van der Waals surface area contributed by atoms with Crippen molar-refractivity contribution >= 4 is 34.4 Å². The number of hydrogen-bond donors (Lipinski definition) is 1. The highest BCUT2D eigenvalue weighted by molar-refractivity contribution is 7.14. The molecule has 8 nitrogen and oxygen atoms in total. The van der Waals surface area contributed by atoms with Gasteiger partial charge in [0.1, 0.15) is 12.6 Å². The monoisotopic (exact) mass is 546 g/mol. The van der Waals surface area contributed by atoms with E-state index < -0.39 is 12.1 Å². The van der Waals surface area contributed by atoms with Gasteiger partial charge >= 0.3 is 6.09 Å². The molecule has 2 aliphatic rings. The summed E-state index contributed by atoms with van der Waals surface area (Å²) >= 11 is 1.33. The van der Waals surface area contributed by atoms with Gasteiger partial charge in [0.25, 0.3) is 5.91 Å². The first-order valence-electron chi connectivity index (χ1n) is 13.6. The Labute approximate surface area is 233 Å². The fraction of sp³-hybridized carbons (Fsp3) is 0.400. The number of nitrogens with zero attached hydrogens (tertiary/aromatic N) is 3. The van der Waals surface area contributed by atoms with Crippen molar-refractivity contribution in [2.75, 3.05) is 18.9 Å². The molecule has 1 aliphatic carbocycles. The Kier molecular flexibility index (Phi) is 8.56. The number of carbonyl (C=O) groups excluding carboxylic acids is 3. The molecule has 2 aromatic carbocycles. The normalized spacial score (nSPS) is 17.6. The number of aromatic nitrogens is 1. The van der Waals surface area contributed by atoms with Gasteiger partial charge in [0.05, 0.1) is 5.69 Å². The number of rotatable bonds is 7. The Morgan fingerprint density at radius 3 is 2.49 bits per heavy atom. The van der Waals surface area contributed by atoms with Gasteiger partial charge in [0.2, 0.25) is 5.91 Å². The lowest BCUT2D eigenvalue weighted by Crippen LogP contribution is -2.43. The van der Waals surface area contributed by atoms with Crippen molar-refractivity contribution < 1.29 is 19.1 Å². The second-order valence-electron chi connectivity index (χ2n) is 10.2. The van der Waals surface area contributed by atoms with E-state index >= 15 is 0 Å². The van der Waals surface area contributed by atoms with Crippen LogP contribution in [0.2, 0.25) is 0 Å². The van der Waals surface area contributed by atoms with Crippen LogP contribution in [0, 0.1) is 0 Å². The Morgan fingerprint density at radius 1 is 1.00 bits per heavy atom. The number of thiazole rings is 1. The molecule has 5 rings (SSSR count). The van der Waals surface area contributed by atoms with Crippen molar-refractivity contribution in [1.82, 2.24) is 14.8 Å². The average molecular weight is 547 g/mol. The van der Waals surface area contributed by atoms with Gasteiger partial charge in [-0.3, -0.25) is 14.5 Å². The molecule has 39 heavy (non-hydrogen) atoms. The molecule has 1 saturated heterocycles. The van der Waals surface area contributed by atoms with Crippen molar-refractivity contribution in [2.24, 2.45) is 0 Å². The highest BCUT2D eigenvalue weighted by Crippen LogP contribution is 2.28. The Bertz CT molecular complexity index is 1290. The summed E-state index contributed by atoms with van der Waals surface area (Å²) in [4.78, 5) is 46.6. The molecule has 1 saturated carbocycles. The van der Waals surface area contributed by atoms with Crippen LogP contribution >= 0.6 is 11.3 Å². The van der Waals surface area contributed by atoms with Gasteiger partial charge in [-0.25, -0.2) is 9.78 Å². The number of likely N-dealkylation sites (tertiary alicyclic amines) is 1. The van der Waals surface area contributed by atoms with Crippen LogP contribution in [-0.4, -0.2) is 58.4 Å². The molecule has 2 heterocycles. The molecule has 0 spiro atoms. The summed E-state index contributed by atoms with van der Waals surface area (Å²) in [5.41, 5.74) is 3.15. The number of ether oxygens (including phenoxy) is 1. The molecule has 2 fully saturated rings. The van der Waals surface area contributed by atoms with Crippen LogP contribution in [0.1, 0.15) is 60.9 Å². The van der Waals surface area contributed by atoms with E-state index in [1.54, 1.807) is 0 Å². The standard InChI is InChI=1S/C30H34N4O4S/c1-33(24-11-6-3-7-12-24)28(36)23-16-14-22(15-17-23)25-20-39-29(31-25)32-27(35)26-13-8-18-34(26)30(37)38-19-21-9-4-2-5-10-21/h2,4-5,9-10,14-17,20,24,26H,3,6-8,11-13,18-19H2,1H3,(H,31,32,35)/t26-/m1/s1. The van der Waals surface area contributed by atoms with Gasteiger partial charge in [-0.15, -0.1) is 11.3 Å². The zero-order valence-corrected chi connectivity index (χ0v) is 23.0. The zero-order chi connectivity index (χ0) is 27.2. The summed E-state index contributed by atoms with van der Waals surface area (Å²) in [5, 5.41) is 5.22. The SMILES string of the molecule is CN(C(=O)c1ccc(-c2csc(NC(=O)[C@H]3CCCN3C(=O)OCc3ccccc3)n2)cc1)C1CCCCC1. The predicted molar refractivity (Wildman–Crippen MR) is 152 cm³/mol. The zero-order valence-electron chi connectivity index (χ0n) is 22.2. The molecule has 204 valence electrons. The minimum Gasteiger partial charge on any atom is -0.445 e. The maximum absolute atomic E-state index is 13.0. The molecule has 0 bridgehead atoms. The van der Waals surface area contributed by atoms with Crippen LogP contribution in [0.5, 0.6) is 0 Å². The summed E-state index contributed by atoms with van der Waals surface area (Å²) < 4.78 is 5.45. The molecule has 1 aliphatic heterocycles. The Hall–Kier alpha value is -3.72. The number of anilines is 1. The maximum atomic E-state index is 13.0. The van der Waals surface area contributed by atoms with Gasteiger partial charge in [-0.05, 0) is 43.4 Å². The largest absolute Gasteiger partial charge is 0.445 e. The molecule has 0 unspecified atom stereocenters. The van der Waals surface area contributed by atoms with E-state index in [9.17, 15) is 14.4 Å². The smallest absolute Gasteiger partial charge is 0.410 e. The minimum atomic E-state index is -0.591. The summed E-state index contributed by atoms with van der Waals surface area (Å²) in [7, 11) is 1.90. The third kappa shape index (κ3) is 6.47. The van der Waals surface area contributed by atoms with E-state index in [0.29, 0.717) is 29.7 Å². The maximum Gasteiger partial charge on any atom is 0.410 e. The predicted octanol–water partition coefficient (Wildman–Crippen LogP) is 5.95. The second kappa shape index (κ2) is 12.4. The quantitative estimate of drug-likeness (QED) is 0.395. The van der Waals surface area contributed by atoms with Crippen LogP contribution in [0.4, 0.5) is 9.93 Å². The lowest BCUT2D eigenvalue weighted by atomic mass is 9.94. The van der Waals surface area contributed by atoms with Crippen LogP contribution in [0.15, 0.2) is 60.0 Å². The van der Waals surface area contributed by atoms with E-state index in [2.05, 4.69) is 10.3 Å². The lowest BCUT2D eigenvalue weighted by molar-refractivity contribution is -0.120. The van der Waals surface area contributed by atoms with E-state index in [-0.39, 0.29) is 18.4 Å². The number of carbonyl (C=O) groups is 3. The summed E-state index contributed by atoms with van der Waals surface area (Å²) in [6.07, 6.45) is 6.59. The molecular formula is C30H34N4O4S. The number of amides is 3. The van der Waals surface area contributed by atoms with Gasteiger partial charge in [-0.1, -0.05) is 61.7 Å². The van der Waals surface area contributed by atoms with Crippen LogP contribution in [0.3, 0.4) is 0 Å². The molecule has 1 aromatic heterocycles. The van der Waals surface area contributed by atoms with Crippen molar-refractivity contribution in [3.63, 3.8) is 0 Å². The number of nitrogens with one attached hydrogen (secondary N) is 1. The lowest BCUT2D eigenvalue weighted by Gasteiger charge is -2.31. The molecule has 9 heteroatoms. The van der Waals surface area contributed by atoms with E-state index in [4.69, 9.17) is 4.74 Å². The third-order valence-corrected chi connectivity index (χ3v) is 8.36. The first-order valence-corrected chi connectivity index (χ1v) is 14.5. The first-order chi connectivity index (χ1) is 19.0. The molecule has 3 aromatic rings. The first kappa shape index (κ1) is 26.9. The van der Waals surface area contributed by atoms with Crippen molar-refractivity contribution in [3.8, 4) is 11.3 Å². The molecule has 3 amide bonds. The van der Waals surface area contributed by atoms with Crippen LogP contribution < -0.4 is 5.32 Å². The molecule has 1 N–H and O–H groups in total. The van der Waals surface area contributed by atoms with Crippen LogP contribution in [-0.2, 0) is 16.1 Å². The third-order valence-electron chi connectivity index (χ3n) is 7.60. The van der Waals surface area contributed by atoms with Crippen LogP contribution in [0.25, 0.3) is 11.3 Å². The fourth-order valence-electron chi connectivity index (χ4n) is 5.33. The van der Waals surface area contributed by atoms with Crippen molar-refractivity contribution in [1.29, 1.82) is 0 Å². The topological polar surface area (TPSA) is 91.8 Å². The number of benzene rings is 2. The highest BCUT2D eigenvalue weighted by Gasteiger charge is 2.35. The fourth-order valence-corrected chi connectivity index (χ4v) is 6.06. The summed E-state index contributed by atoms with van der Waals surface area (Å²) in [6.45, 7) is 0.650. The van der Waals surface area contributed by atoms with Gasteiger partial charge in [-0.2, -0.15) is 0 Å². The van der Waals surface area contributed by atoms with E-state index in [1.165, 1.54) is 35.5 Å². The van der Waals surface area contributed by atoms with Gasteiger partial charge in [0.15, 0.2) is 5.13 Å². The highest BCUT2D eigenvalue weighted by atomic mass is 32.1. The molecule has 1 atom stereocenters. The molecule has 0 radical (unpaired) electrons. The Balaban J connectivity index is 1.17. The van der Waals surface area contributed by atoms with Gasteiger partial charge < -0.3 is 15.0 Å². The summed E-state index contributed by atoms with van der Waals surface area (Å²) in [5.74, 6) is -0.222. The minimum absolute atomic E-state index is 0.0445. The summed E-state index contributed by atoms with van der Waals surface area (Å²) in [6, 6.07) is 16.7. The Morgan fingerprint density at radius 2 is 1.74 bits per heavy atom. The second-order valence-corrected chi connectivity index (χ2v) is 11.1. The van der Waals surface area contributed by atoms with E-state index in [1.807, 2.05) is 71.9 Å². The number of hydrogen-bond acceptors (Lipinski definition) is 6. The van der Waals surface area contributed by atoms with Gasteiger partial charge in [0, 0.05) is 36.1 Å². The molecular weight excluding hydrogens is 512 g/mol. The van der Waals surface area contributed by atoms with E-state index in [0.717, 1.165) is 36.1 Å². The van der Waals surface area contributed by atoms with Crippen molar-refractivity contribution in [3.05, 3.63) is 71.1 Å². The average Bonchev–Trinajstić information content (AvgIpc) is 3.67.